The van der Waals surface area contributed by atoms with Gasteiger partial charge in [-0.15, -0.1) is 0 Å². The number of rotatable bonds is 6. The lowest BCUT2D eigenvalue weighted by Crippen LogP contribution is -2.20. The molecule has 0 unspecified atom stereocenters. The highest BCUT2D eigenvalue weighted by atomic mass is 19.1. The van der Waals surface area contributed by atoms with Crippen molar-refractivity contribution in [2.24, 2.45) is 0 Å². The lowest BCUT2D eigenvalue weighted by atomic mass is 10.3. The number of benzene rings is 2. The number of carbonyl (C=O) groups is 1. The van der Waals surface area contributed by atoms with E-state index in [-0.39, 0.29) is 11.8 Å². The molecule has 1 aromatic heterocycles. The highest BCUT2D eigenvalue weighted by Crippen LogP contribution is 2.20. The van der Waals surface area contributed by atoms with Gasteiger partial charge in [0.25, 0.3) is 5.91 Å². The monoisotopic (exact) mass is 357 g/mol. The molecule has 8 heteroatoms. The fourth-order valence-electron chi connectivity index (χ4n) is 1.98. The zero-order valence-electron chi connectivity index (χ0n) is 13.4. The van der Waals surface area contributed by atoms with Crippen molar-refractivity contribution in [1.82, 2.24) is 9.97 Å². The predicted molar refractivity (Wildman–Crippen MR) is 89.0 cm³/mol. The third-order valence-corrected chi connectivity index (χ3v) is 3.14. The summed E-state index contributed by atoms with van der Waals surface area (Å²) in [5, 5.41) is 2.59. The van der Waals surface area contributed by atoms with Gasteiger partial charge in [0, 0.05) is 24.1 Å². The molecule has 0 aliphatic rings. The molecule has 0 aliphatic carbocycles. The largest absolute Gasteiger partial charge is 0.481 e. The van der Waals surface area contributed by atoms with Gasteiger partial charge in [0.1, 0.15) is 11.6 Å². The van der Waals surface area contributed by atoms with Gasteiger partial charge >= 0.3 is 6.01 Å². The van der Waals surface area contributed by atoms with Crippen LogP contribution < -0.4 is 14.8 Å². The maximum Gasteiger partial charge on any atom is 0.321 e. The van der Waals surface area contributed by atoms with E-state index < -0.39 is 24.1 Å². The van der Waals surface area contributed by atoms with Crippen LogP contribution in [0.25, 0.3) is 0 Å². The average molecular weight is 357 g/mol. The highest BCUT2D eigenvalue weighted by molar-refractivity contribution is 5.91. The summed E-state index contributed by atoms with van der Waals surface area (Å²) in [5.74, 6) is -1.79. The third kappa shape index (κ3) is 4.73. The highest BCUT2D eigenvalue weighted by Gasteiger charge is 2.09. The number of halogens is 2. The lowest BCUT2D eigenvalue weighted by molar-refractivity contribution is -0.118. The van der Waals surface area contributed by atoms with E-state index >= 15 is 0 Å². The molecule has 6 nitrogen and oxygen atoms in total. The van der Waals surface area contributed by atoms with Crippen molar-refractivity contribution < 1.29 is 23.0 Å². The molecule has 0 fully saturated rings. The normalized spacial score (nSPS) is 10.2. The molecular weight excluding hydrogens is 344 g/mol. The van der Waals surface area contributed by atoms with Crippen LogP contribution in [0.5, 0.6) is 17.5 Å². The molecular formula is C18H13F2N3O3. The van der Waals surface area contributed by atoms with Gasteiger partial charge in [0.05, 0.1) is 0 Å². The summed E-state index contributed by atoms with van der Waals surface area (Å²) < 4.78 is 36.7. The summed E-state index contributed by atoms with van der Waals surface area (Å²) in [7, 11) is 0. The molecule has 0 atom stereocenters. The summed E-state index contributed by atoms with van der Waals surface area (Å²) >= 11 is 0. The summed E-state index contributed by atoms with van der Waals surface area (Å²) in [6.07, 6.45) is 3.11. The van der Waals surface area contributed by atoms with Crippen molar-refractivity contribution in [3.05, 3.63) is 72.6 Å². The van der Waals surface area contributed by atoms with E-state index in [4.69, 9.17) is 9.47 Å². The maximum absolute atomic E-state index is 13.4. The molecule has 1 N–H and O–H groups in total. The number of nitrogens with one attached hydrogen (secondary N) is 1. The summed E-state index contributed by atoms with van der Waals surface area (Å²) in [4.78, 5) is 19.7. The number of hydrogen-bond acceptors (Lipinski definition) is 5. The van der Waals surface area contributed by atoms with Gasteiger partial charge in [-0.1, -0.05) is 0 Å². The van der Waals surface area contributed by atoms with Crippen LogP contribution in [-0.4, -0.2) is 22.5 Å². The van der Waals surface area contributed by atoms with E-state index in [0.29, 0.717) is 17.5 Å². The zero-order valence-corrected chi connectivity index (χ0v) is 13.4. The first-order chi connectivity index (χ1) is 12.6. The number of carbonyl (C=O) groups excluding carboxylic acids is 1. The van der Waals surface area contributed by atoms with Gasteiger partial charge in [-0.25, -0.2) is 18.7 Å². The second-order valence-electron chi connectivity index (χ2n) is 5.07. The molecule has 132 valence electrons. The number of amides is 1. The number of ether oxygens (including phenoxy) is 2. The van der Waals surface area contributed by atoms with Crippen LogP contribution in [0.1, 0.15) is 0 Å². The number of nitrogens with zero attached hydrogens (tertiary/aromatic N) is 2. The van der Waals surface area contributed by atoms with Gasteiger partial charge in [-0.2, -0.15) is 0 Å². The minimum Gasteiger partial charge on any atom is -0.481 e. The Morgan fingerprint density at radius 3 is 2.46 bits per heavy atom. The number of hydrogen-bond donors (Lipinski definition) is 1. The van der Waals surface area contributed by atoms with Crippen molar-refractivity contribution in [2.75, 3.05) is 11.9 Å². The molecule has 3 rings (SSSR count). The molecule has 0 bridgehead atoms. The van der Waals surface area contributed by atoms with Gasteiger partial charge in [0.2, 0.25) is 0 Å². The Hall–Kier alpha value is -3.55. The predicted octanol–water partition coefficient (Wildman–Crippen LogP) is 3.56. The minimum atomic E-state index is -0.873. The van der Waals surface area contributed by atoms with Crippen LogP contribution in [0.3, 0.4) is 0 Å². The topological polar surface area (TPSA) is 73.3 Å². The smallest absolute Gasteiger partial charge is 0.321 e. The van der Waals surface area contributed by atoms with E-state index in [0.717, 1.165) is 12.1 Å². The Bertz CT molecular complexity index is 890. The fourth-order valence-corrected chi connectivity index (χ4v) is 1.98. The van der Waals surface area contributed by atoms with Crippen molar-refractivity contribution in [1.29, 1.82) is 0 Å². The van der Waals surface area contributed by atoms with Crippen LogP contribution in [-0.2, 0) is 4.79 Å². The summed E-state index contributed by atoms with van der Waals surface area (Å²) in [6.45, 7) is -0.418. The Kier molecular flexibility index (Phi) is 5.33. The van der Waals surface area contributed by atoms with E-state index in [9.17, 15) is 13.6 Å². The first-order valence-corrected chi connectivity index (χ1v) is 7.53. The van der Waals surface area contributed by atoms with Crippen LogP contribution in [0.2, 0.25) is 0 Å². The SMILES string of the molecule is O=C(COc1ccc(F)cc1F)Nc1ccc(Oc2ncccn2)cc1. The van der Waals surface area contributed by atoms with Gasteiger partial charge < -0.3 is 14.8 Å². The average Bonchev–Trinajstić information content (AvgIpc) is 2.63. The molecule has 0 saturated heterocycles. The molecule has 0 spiro atoms. The Labute approximate surface area is 147 Å². The molecule has 2 aromatic carbocycles. The zero-order chi connectivity index (χ0) is 18.4. The molecule has 26 heavy (non-hydrogen) atoms. The third-order valence-electron chi connectivity index (χ3n) is 3.14. The van der Waals surface area contributed by atoms with E-state index in [1.165, 1.54) is 0 Å². The van der Waals surface area contributed by atoms with Crippen LogP contribution in [0, 0.1) is 11.6 Å². The van der Waals surface area contributed by atoms with Gasteiger partial charge in [-0.05, 0) is 42.5 Å². The first-order valence-electron chi connectivity index (χ1n) is 7.53. The quantitative estimate of drug-likeness (QED) is 0.730. The standard InChI is InChI=1S/C18H13F2N3O3/c19-12-2-7-16(15(20)10-12)25-11-17(24)23-13-3-5-14(6-4-13)26-18-21-8-1-9-22-18/h1-10H,11H2,(H,23,24). The van der Waals surface area contributed by atoms with E-state index in [1.807, 2.05) is 0 Å². The van der Waals surface area contributed by atoms with Crippen LogP contribution in [0.4, 0.5) is 14.5 Å². The molecule has 0 aliphatic heterocycles. The fraction of sp³-hybridized carbons (Fsp3) is 0.0556. The van der Waals surface area contributed by atoms with Crippen molar-refractivity contribution in [3.8, 4) is 17.5 Å². The molecule has 0 radical (unpaired) electrons. The molecule has 0 saturated carbocycles. The molecule has 1 amide bonds. The second kappa shape index (κ2) is 8.02. The van der Waals surface area contributed by atoms with Crippen LogP contribution in [0.15, 0.2) is 60.9 Å². The van der Waals surface area contributed by atoms with Crippen molar-refractivity contribution >= 4 is 11.6 Å². The van der Waals surface area contributed by atoms with E-state index in [2.05, 4.69) is 15.3 Å². The molecule has 3 aromatic rings. The summed E-state index contributed by atoms with van der Waals surface area (Å²) in [5.41, 5.74) is 0.500. The molecule has 1 heterocycles. The van der Waals surface area contributed by atoms with Crippen molar-refractivity contribution in [3.63, 3.8) is 0 Å². The Morgan fingerprint density at radius 2 is 1.77 bits per heavy atom. The second-order valence-corrected chi connectivity index (χ2v) is 5.07. The Balaban J connectivity index is 1.52. The Morgan fingerprint density at radius 1 is 1.04 bits per heavy atom. The van der Waals surface area contributed by atoms with E-state index in [1.54, 1.807) is 42.7 Å². The van der Waals surface area contributed by atoms with Crippen molar-refractivity contribution in [2.45, 2.75) is 0 Å². The maximum atomic E-state index is 13.4. The lowest BCUT2D eigenvalue weighted by Gasteiger charge is -2.09. The number of aromatic nitrogens is 2. The van der Waals surface area contributed by atoms with Gasteiger partial charge in [-0.3, -0.25) is 4.79 Å². The number of anilines is 1. The summed E-state index contributed by atoms with van der Waals surface area (Å²) in [6, 6.07) is 11.2. The van der Waals surface area contributed by atoms with Gasteiger partial charge in [0.15, 0.2) is 18.2 Å². The van der Waals surface area contributed by atoms with Crippen LogP contribution >= 0.6 is 0 Å². The first kappa shape index (κ1) is 17.3. The minimum absolute atomic E-state index is 0.201.